The van der Waals surface area contributed by atoms with Crippen molar-refractivity contribution >= 4 is 0 Å². The van der Waals surface area contributed by atoms with E-state index >= 15 is 0 Å². The lowest BCUT2D eigenvalue weighted by Gasteiger charge is -2.29. The van der Waals surface area contributed by atoms with Crippen LogP contribution in [0.25, 0.3) is 0 Å². The summed E-state index contributed by atoms with van der Waals surface area (Å²) in [5, 5.41) is 3.13. The summed E-state index contributed by atoms with van der Waals surface area (Å²) in [6, 6.07) is 10.3. The molecule has 0 atom stereocenters. The lowest BCUT2D eigenvalue weighted by molar-refractivity contribution is -0.193. The summed E-state index contributed by atoms with van der Waals surface area (Å²) in [4.78, 5) is 0. The number of benzene rings is 1. The number of nitrogens with one attached hydrogen (secondary N) is 1. The fraction of sp³-hybridized carbons (Fsp3) is 0.455. The maximum absolute atomic E-state index is 5.58. The van der Waals surface area contributed by atoms with Crippen molar-refractivity contribution in [3.8, 4) is 0 Å². The van der Waals surface area contributed by atoms with Gasteiger partial charge < -0.3 is 14.8 Å². The molecule has 0 saturated carbocycles. The van der Waals surface area contributed by atoms with Crippen molar-refractivity contribution in [3.05, 3.63) is 35.9 Å². The van der Waals surface area contributed by atoms with E-state index in [1.54, 1.807) is 0 Å². The normalized spacial score (nSPS) is 27.5. The van der Waals surface area contributed by atoms with Crippen LogP contribution in [0.3, 0.4) is 0 Å². The van der Waals surface area contributed by atoms with Crippen LogP contribution in [-0.2, 0) is 9.47 Å². The first-order valence-corrected chi connectivity index (χ1v) is 4.85. The van der Waals surface area contributed by atoms with E-state index in [9.17, 15) is 0 Å². The van der Waals surface area contributed by atoms with Crippen LogP contribution in [0, 0.1) is 0 Å². The number of ether oxygens (including phenoxy) is 2. The minimum absolute atomic E-state index is 0.194. The fourth-order valence-corrected chi connectivity index (χ4v) is 1.47. The first kappa shape index (κ1) is 9.65. The van der Waals surface area contributed by atoms with Gasteiger partial charge in [0.1, 0.15) is 0 Å². The Morgan fingerprint density at radius 3 is 2.36 bits per heavy atom. The number of hydrogen-bond donors (Lipinski definition) is 1. The average Bonchev–Trinajstić information content (AvgIpc) is 2.30. The third-order valence-corrected chi connectivity index (χ3v) is 2.38. The Labute approximate surface area is 84.0 Å². The third-order valence-electron chi connectivity index (χ3n) is 2.38. The molecule has 76 valence electrons. The number of likely N-dealkylation sites (N-methyl/N-ethyl adjacent to an activating group) is 1. The van der Waals surface area contributed by atoms with E-state index in [4.69, 9.17) is 9.47 Å². The monoisotopic (exact) mass is 193 g/mol. The minimum Gasteiger partial charge on any atom is -0.347 e. The van der Waals surface area contributed by atoms with Crippen molar-refractivity contribution in [3.63, 3.8) is 0 Å². The van der Waals surface area contributed by atoms with E-state index in [1.165, 1.54) is 0 Å². The Morgan fingerprint density at radius 2 is 1.79 bits per heavy atom. The van der Waals surface area contributed by atoms with Crippen molar-refractivity contribution in [1.29, 1.82) is 0 Å². The quantitative estimate of drug-likeness (QED) is 0.768. The van der Waals surface area contributed by atoms with Crippen molar-refractivity contribution in [2.24, 2.45) is 0 Å². The first-order chi connectivity index (χ1) is 6.90. The topological polar surface area (TPSA) is 30.5 Å². The molecule has 1 N–H and O–H groups in total. The van der Waals surface area contributed by atoms with Gasteiger partial charge in [0.05, 0.1) is 19.3 Å². The molecule has 2 rings (SSSR count). The molecule has 14 heavy (non-hydrogen) atoms. The van der Waals surface area contributed by atoms with Crippen LogP contribution in [0.5, 0.6) is 0 Å². The Balaban J connectivity index is 1.96. The van der Waals surface area contributed by atoms with Gasteiger partial charge in [0.2, 0.25) is 0 Å². The summed E-state index contributed by atoms with van der Waals surface area (Å²) in [7, 11) is 1.92. The highest BCUT2D eigenvalue weighted by Crippen LogP contribution is 2.22. The number of rotatable bonds is 2. The Kier molecular flexibility index (Phi) is 3.14. The second-order valence-corrected chi connectivity index (χ2v) is 3.39. The second kappa shape index (κ2) is 4.55. The molecule has 1 heterocycles. The second-order valence-electron chi connectivity index (χ2n) is 3.39. The SMILES string of the molecule is CNC1COC(c2ccccc2)OC1. The van der Waals surface area contributed by atoms with Crippen molar-refractivity contribution in [2.45, 2.75) is 12.3 Å². The van der Waals surface area contributed by atoms with E-state index in [0.717, 1.165) is 5.56 Å². The van der Waals surface area contributed by atoms with E-state index in [1.807, 2.05) is 37.4 Å². The molecule has 1 aliphatic heterocycles. The predicted molar refractivity (Wildman–Crippen MR) is 53.9 cm³/mol. The predicted octanol–water partition coefficient (Wildman–Crippen LogP) is 1.32. The summed E-state index contributed by atoms with van der Waals surface area (Å²) < 4.78 is 11.2. The highest BCUT2D eigenvalue weighted by atomic mass is 16.7. The van der Waals surface area contributed by atoms with Crippen LogP contribution in [-0.4, -0.2) is 26.3 Å². The third kappa shape index (κ3) is 2.12. The van der Waals surface area contributed by atoms with Crippen LogP contribution < -0.4 is 5.32 Å². The van der Waals surface area contributed by atoms with Gasteiger partial charge in [0, 0.05) is 5.56 Å². The summed E-state index contributed by atoms with van der Waals surface area (Å²) in [5.41, 5.74) is 1.09. The molecule has 1 saturated heterocycles. The number of hydrogen-bond acceptors (Lipinski definition) is 3. The summed E-state index contributed by atoms with van der Waals surface area (Å²) in [6.45, 7) is 1.41. The van der Waals surface area contributed by atoms with E-state index in [2.05, 4.69) is 5.32 Å². The molecule has 0 unspecified atom stereocenters. The zero-order chi connectivity index (χ0) is 9.80. The molecule has 0 bridgehead atoms. The molecule has 0 amide bonds. The molecule has 3 nitrogen and oxygen atoms in total. The molecule has 0 aromatic heterocycles. The van der Waals surface area contributed by atoms with Gasteiger partial charge in [-0.3, -0.25) is 0 Å². The molecule has 1 aliphatic rings. The van der Waals surface area contributed by atoms with Crippen LogP contribution >= 0.6 is 0 Å². The summed E-state index contributed by atoms with van der Waals surface area (Å²) in [5.74, 6) is 0. The highest BCUT2D eigenvalue weighted by molar-refractivity contribution is 5.16. The zero-order valence-corrected chi connectivity index (χ0v) is 8.27. The van der Waals surface area contributed by atoms with Gasteiger partial charge in [0.15, 0.2) is 6.29 Å². The van der Waals surface area contributed by atoms with E-state index in [-0.39, 0.29) is 6.29 Å². The van der Waals surface area contributed by atoms with Gasteiger partial charge in [-0.05, 0) is 7.05 Å². The van der Waals surface area contributed by atoms with Crippen LogP contribution in [0.2, 0.25) is 0 Å². The molecule has 0 aliphatic carbocycles. The first-order valence-electron chi connectivity index (χ1n) is 4.85. The summed E-state index contributed by atoms with van der Waals surface area (Å²) in [6.07, 6.45) is -0.194. The van der Waals surface area contributed by atoms with Crippen LogP contribution in [0.4, 0.5) is 0 Å². The molecule has 0 spiro atoms. The Bertz CT molecular complexity index is 268. The molecule has 1 aromatic rings. The average molecular weight is 193 g/mol. The maximum Gasteiger partial charge on any atom is 0.183 e. The van der Waals surface area contributed by atoms with Gasteiger partial charge >= 0.3 is 0 Å². The molecule has 1 aromatic carbocycles. The molecular weight excluding hydrogens is 178 g/mol. The zero-order valence-electron chi connectivity index (χ0n) is 8.27. The van der Waals surface area contributed by atoms with Gasteiger partial charge in [-0.25, -0.2) is 0 Å². The van der Waals surface area contributed by atoms with Crippen LogP contribution in [0.15, 0.2) is 30.3 Å². The fourth-order valence-electron chi connectivity index (χ4n) is 1.47. The molecular formula is C11H15NO2. The van der Waals surface area contributed by atoms with Gasteiger partial charge in [-0.2, -0.15) is 0 Å². The van der Waals surface area contributed by atoms with Crippen molar-refractivity contribution in [1.82, 2.24) is 5.32 Å². The Morgan fingerprint density at radius 1 is 1.14 bits per heavy atom. The standard InChI is InChI=1S/C11H15NO2/c1-12-10-7-13-11(14-8-10)9-5-3-2-4-6-9/h2-6,10-12H,7-8H2,1H3. The minimum atomic E-state index is -0.194. The van der Waals surface area contributed by atoms with Gasteiger partial charge in [0.25, 0.3) is 0 Å². The lowest BCUT2D eigenvalue weighted by Crippen LogP contribution is -2.40. The molecule has 0 radical (unpaired) electrons. The molecule has 1 fully saturated rings. The van der Waals surface area contributed by atoms with Crippen LogP contribution in [0.1, 0.15) is 11.9 Å². The lowest BCUT2D eigenvalue weighted by atomic mass is 10.2. The van der Waals surface area contributed by atoms with Gasteiger partial charge in [-0.15, -0.1) is 0 Å². The van der Waals surface area contributed by atoms with E-state index in [0.29, 0.717) is 19.3 Å². The van der Waals surface area contributed by atoms with Crippen molar-refractivity contribution < 1.29 is 9.47 Å². The van der Waals surface area contributed by atoms with E-state index < -0.39 is 0 Å². The maximum atomic E-state index is 5.58. The molecule has 3 heteroatoms. The van der Waals surface area contributed by atoms with Gasteiger partial charge in [-0.1, -0.05) is 30.3 Å². The largest absolute Gasteiger partial charge is 0.347 e. The highest BCUT2D eigenvalue weighted by Gasteiger charge is 2.21. The Hall–Kier alpha value is -0.900. The van der Waals surface area contributed by atoms with Crippen molar-refractivity contribution in [2.75, 3.05) is 20.3 Å². The summed E-state index contributed by atoms with van der Waals surface area (Å²) >= 11 is 0. The smallest absolute Gasteiger partial charge is 0.183 e.